The summed E-state index contributed by atoms with van der Waals surface area (Å²) in [5, 5.41) is 3.37. The molecular formula is C14H26N2O2S. The Hall–Kier alpha value is -0.260. The van der Waals surface area contributed by atoms with E-state index in [-0.39, 0.29) is 11.4 Å². The lowest BCUT2D eigenvalue weighted by Gasteiger charge is -2.54. The average Bonchev–Trinajstić information content (AvgIpc) is 2.39. The van der Waals surface area contributed by atoms with Gasteiger partial charge >= 0.3 is 5.97 Å². The van der Waals surface area contributed by atoms with Crippen molar-refractivity contribution in [3.63, 3.8) is 0 Å². The molecule has 1 N–H and O–H groups in total. The van der Waals surface area contributed by atoms with Crippen LogP contribution in [0.25, 0.3) is 0 Å². The Balaban J connectivity index is 2.32. The minimum Gasteiger partial charge on any atom is -0.465 e. The zero-order valence-electron chi connectivity index (χ0n) is 12.3. The van der Waals surface area contributed by atoms with Gasteiger partial charge < -0.3 is 10.1 Å². The lowest BCUT2D eigenvalue weighted by Crippen LogP contribution is -2.69. The summed E-state index contributed by atoms with van der Waals surface area (Å²) in [6.45, 7) is 10.6. The van der Waals surface area contributed by atoms with Crippen molar-refractivity contribution < 1.29 is 9.53 Å². The van der Waals surface area contributed by atoms with E-state index in [0.717, 1.165) is 44.1 Å². The number of rotatable bonds is 3. The van der Waals surface area contributed by atoms with Gasteiger partial charge in [0, 0.05) is 31.9 Å². The number of hydrogen-bond donors (Lipinski definition) is 1. The van der Waals surface area contributed by atoms with Crippen LogP contribution in [0, 0.1) is 5.41 Å². The molecule has 0 aromatic carbocycles. The molecule has 2 saturated heterocycles. The zero-order valence-corrected chi connectivity index (χ0v) is 13.1. The molecule has 0 aromatic heterocycles. The van der Waals surface area contributed by atoms with E-state index in [1.807, 2.05) is 18.7 Å². The van der Waals surface area contributed by atoms with Gasteiger partial charge in [-0.05, 0) is 24.5 Å². The van der Waals surface area contributed by atoms with Crippen molar-refractivity contribution in [1.82, 2.24) is 10.2 Å². The molecule has 0 aliphatic carbocycles. The van der Waals surface area contributed by atoms with E-state index in [9.17, 15) is 4.79 Å². The lowest BCUT2D eigenvalue weighted by atomic mass is 9.69. The topological polar surface area (TPSA) is 41.6 Å². The van der Waals surface area contributed by atoms with Gasteiger partial charge in [0.1, 0.15) is 5.54 Å². The second kappa shape index (κ2) is 6.02. The molecule has 1 atom stereocenters. The van der Waals surface area contributed by atoms with Gasteiger partial charge in [0.15, 0.2) is 0 Å². The first-order valence-corrected chi connectivity index (χ1v) is 8.41. The van der Waals surface area contributed by atoms with Gasteiger partial charge in [-0.1, -0.05) is 13.8 Å². The highest BCUT2D eigenvalue weighted by Crippen LogP contribution is 2.46. The number of thioether (sulfide) groups is 1. The van der Waals surface area contributed by atoms with Gasteiger partial charge in [0.2, 0.25) is 0 Å². The van der Waals surface area contributed by atoms with Crippen molar-refractivity contribution in [2.24, 2.45) is 5.41 Å². The number of nitrogens with one attached hydrogen (secondary N) is 1. The Bertz CT molecular complexity index is 329. The van der Waals surface area contributed by atoms with Crippen LogP contribution in [-0.4, -0.2) is 60.7 Å². The summed E-state index contributed by atoms with van der Waals surface area (Å²) >= 11 is 1.89. The van der Waals surface area contributed by atoms with Crippen LogP contribution in [0.5, 0.6) is 0 Å². The van der Waals surface area contributed by atoms with Gasteiger partial charge in [0.05, 0.1) is 6.61 Å². The zero-order chi connectivity index (χ0) is 13.9. The maximum atomic E-state index is 12.7. The van der Waals surface area contributed by atoms with Gasteiger partial charge in [-0.25, -0.2) is 4.79 Å². The van der Waals surface area contributed by atoms with E-state index in [2.05, 4.69) is 24.1 Å². The van der Waals surface area contributed by atoms with E-state index in [1.165, 1.54) is 0 Å². The molecule has 0 radical (unpaired) electrons. The summed E-state index contributed by atoms with van der Waals surface area (Å²) in [4.78, 5) is 15.1. The van der Waals surface area contributed by atoms with Crippen molar-refractivity contribution >= 4 is 17.7 Å². The third-order valence-electron chi connectivity index (χ3n) is 4.57. The maximum Gasteiger partial charge on any atom is 0.327 e. The third-order valence-corrected chi connectivity index (χ3v) is 5.69. The minimum atomic E-state index is -0.450. The number of piperazine rings is 1. The fourth-order valence-corrected chi connectivity index (χ4v) is 5.02. The van der Waals surface area contributed by atoms with Crippen LogP contribution in [0.4, 0.5) is 0 Å². The molecule has 5 heteroatoms. The van der Waals surface area contributed by atoms with Crippen molar-refractivity contribution in [2.75, 3.05) is 44.3 Å². The molecule has 0 spiro atoms. The minimum absolute atomic E-state index is 0.0194. The number of esters is 1. The molecule has 19 heavy (non-hydrogen) atoms. The number of carbonyl (C=O) groups is 1. The van der Waals surface area contributed by atoms with Crippen LogP contribution in [0.1, 0.15) is 27.2 Å². The Labute approximate surface area is 120 Å². The molecule has 2 rings (SSSR count). The Kier molecular flexibility index (Phi) is 4.79. The first-order valence-electron chi connectivity index (χ1n) is 7.25. The Morgan fingerprint density at radius 2 is 2.05 bits per heavy atom. The van der Waals surface area contributed by atoms with E-state index in [4.69, 9.17) is 4.74 Å². The summed E-state index contributed by atoms with van der Waals surface area (Å²) < 4.78 is 5.46. The summed E-state index contributed by atoms with van der Waals surface area (Å²) in [6, 6.07) is 0. The second-order valence-corrected chi connectivity index (χ2v) is 7.11. The molecule has 2 heterocycles. The second-order valence-electron chi connectivity index (χ2n) is 6.00. The van der Waals surface area contributed by atoms with Gasteiger partial charge in [0.25, 0.3) is 0 Å². The van der Waals surface area contributed by atoms with Crippen molar-refractivity contribution in [2.45, 2.75) is 32.7 Å². The van der Waals surface area contributed by atoms with Gasteiger partial charge in [-0.15, -0.1) is 0 Å². The SMILES string of the molecule is CCOC(=O)C1(N2CCNCC2)CSCCC1(C)C. The van der Waals surface area contributed by atoms with Gasteiger partial charge in [-0.3, -0.25) is 4.90 Å². The highest BCUT2D eigenvalue weighted by molar-refractivity contribution is 7.99. The molecule has 0 saturated carbocycles. The maximum absolute atomic E-state index is 12.7. The Morgan fingerprint density at radius 3 is 2.63 bits per heavy atom. The predicted octanol–water partition coefficient (Wildman–Crippen LogP) is 1.36. The predicted molar refractivity (Wildman–Crippen MR) is 79.5 cm³/mol. The van der Waals surface area contributed by atoms with Gasteiger partial charge in [-0.2, -0.15) is 11.8 Å². The summed E-state index contributed by atoms with van der Waals surface area (Å²) in [5.74, 6) is 1.98. The number of ether oxygens (including phenoxy) is 1. The number of carbonyl (C=O) groups excluding carboxylic acids is 1. The van der Waals surface area contributed by atoms with E-state index < -0.39 is 5.54 Å². The highest BCUT2D eigenvalue weighted by Gasteiger charge is 2.57. The molecule has 1 unspecified atom stereocenters. The van der Waals surface area contributed by atoms with Crippen LogP contribution in [0.3, 0.4) is 0 Å². The van der Waals surface area contributed by atoms with Crippen molar-refractivity contribution in [3.8, 4) is 0 Å². The monoisotopic (exact) mass is 286 g/mol. The van der Waals surface area contributed by atoms with Crippen LogP contribution < -0.4 is 5.32 Å². The fourth-order valence-electron chi connectivity index (χ4n) is 3.23. The first-order chi connectivity index (χ1) is 9.04. The summed E-state index contributed by atoms with van der Waals surface area (Å²) in [7, 11) is 0. The molecule has 2 fully saturated rings. The van der Waals surface area contributed by atoms with Crippen molar-refractivity contribution in [1.29, 1.82) is 0 Å². The fraction of sp³-hybridized carbons (Fsp3) is 0.929. The molecule has 110 valence electrons. The third kappa shape index (κ3) is 2.65. The summed E-state index contributed by atoms with van der Waals surface area (Å²) in [6.07, 6.45) is 1.07. The van der Waals surface area contributed by atoms with Crippen LogP contribution in [0.15, 0.2) is 0 Å². The van der Waals surface area contributed by atoms with E-state index >= 15 is 0 Å². The molecule has 0 amide bonds. The standard InChI is InChI=1S/C14H26N2O2S/c1-4-18-12(17)14(16-8-6-15-7-9-16)11-19-10-5-13(14,2)3/h15H,4-11H2,1-3H3. The normalized spacial score (nSPS) is 31.9. The summed E-state index contributed by atoms with van der Waals surface area (Å²) in [5.41, 5.74) is -0.476. The molecule has 0 aromatic rings. The van der Waals surface area contributed by atoms with Crippen LogP contribution in [-0.2, 0) is 9.53 Å². The number of hydrogen-bond acceptors (Lipinski definition) is 5. The van der Waals surface area contributed by atoms with E-state index in [0.29, 0.717) is 6.61 Å². The quantitative estimate of drug-likeness (QED) is 0.793. The largest absolute Gasteiger partial charge is 0.465 e. The molecule has 0 bridgehead atoms. The molecule has 4 nitrogen and oxygen atoms in total. The van der Waals surface area contributed by atoms with Crippen LogP contribution in [0.2, 0.25) is 0 Å². The van der Waals surface area contributed by atoms with E-state index in [1.54, 1.807) is 0 Å². The average molecular weight is 286 g/mol. The molecule has 2 aliphatic rings. The smallest absolute Gasteiger partial charge is 0.327 e. The first kappa shape index (κ1) is 15.1. The lowest BCUT2D eigenvalue weighted by molar-refractivity contribution is -0.166. The Morgan fingerprint density at radius 1 is 1.37 bits per heavy atom. The van der Waals surface area contributed by atoms with Crippen molar-refractivity contribution in [3.05, 3.63) is 0 Å². The van der Waals surface area contributed by atoms with Crippen LogP contribution >= 0.6 is 11.8 Å². The molecular weight excluding hydrogens is 260 g/mol. The number of nitrogens with zero attached hydrogens (tertiary/aromatic N) is 1. The highest BCUT2D eigenvalue weighted by atomic mass is 32.2. The molecule has 2 aliphatic heterocycles.